The minimum Gasteiger partial charge on any atom is -0.493 e. The fourth-order valence-corrected chi connectivity index (χ4v) is 6.87. The zero-order chi connectivity index (χ0) is 40.1. The van der Waals surface area contributed by atoms with Crippen LogP contribution in [0.5, 0.6) is 40.2 Å². The Hall–Kier alpha value is -6.04. The smallest absolute Gasteiger partial charge is 0.255 e. The van der Waals surface area contributed by atoms with Crippen LogP contribution in [0.2, 0.25) is 0 Å². The first kappa shape index (κ1) is 40.6. The first-order valence-corrected chi connectivity index (χ1v) is 19.4. The second-order valence-electron chi connectivity index (χ2n) is 13.9. The summed E-state index contributed by atoms with van der Waals surface area (Å²) in [5.74, 6) is 4.75. The van der Waals surface area contributed by atoms with Crippen LogP contribution in [0.15, 0.2) is 77.3 Å². The highest BCUT2D eigenvalue weighted by Gasteiger charge is 2.25. The molecule has 5 aromatic rings. The quantitative estimate of drug-likeness (QED) is 0.0690. The molecule has 0 saturated heterocycles. The summed E-state index contributed by atoms with van der Waals surface area (Å²) in [6.45, 7) is 3.19. The van der Waals surface area contributed by atoms with Gasteiger partial charge in [0, 0.05) is 22.9 Å². The van der Waals surface area contributed by atoms with Gasteiger partial charge in [-0.25, -0.2) is 0 Å². The first-order valence-electron chi connectivity index (χ1n) is 19.4. The van der Waals surface area contributed by atoms with Gasteiger partial charge in [0.2, 0.25) is 5.75 Å². The van der Waals surface area contributed by atoms with Crippen molar-refractivity contribution < 1.29 is 42.5 Å². The minimum atomic E-state index is -0.353. The van der Waals surface area contributed by atoms with Crippen LogP contribution >= 0.6 is 0 Å². The average molecular weight is 780 g/mol. The van der Waals surface area contributed by atoms with Crippen molar-refractivity contribution >= 4 is 11.6 Å². The van der Waals surface area contributed by atoms with Gasteiger partial charge < -0.3 is 48.3 Å². The van der Waals surface area contributed by atoms with Crippen molar-refractivity contribution in [3.63, 3.8) is 0 Å². The monoisotopic (exact) mass is 779 g/mol. The van der Waals surface area contributed by atoms with E-state index in [0.29, 0.717) is 70.5 Å². The number of amides is 1. The molecule has 0 bridgehead atoms. The number of hydrogen-bond acceptors (Lipinski definition) is 11. The molecule has 2 N–H and O–H groups in total. The average Bonchev–Trinajstić information content (AvgIpc) is 3.74. The number of hydrogen-bond donors (Lipinski definition) is 2. The summed E-state index contributed by atoms with van der Waals surface area (Å²) < 4.78 is 45.6. The van der Waals surface area contributed by atoms with E-state index in [4.69, 9.17) is 37.7 Å². The van der Waals surface area contributed by atoms with Crippen molar-refractivity contribution in [3.8, 4) is 62.8 Å². The molecule has 1 amide bonds. The maximum atomic E-state index is 12.7. The lowest BCUT2D eigenvalue weighted by molar-refractivity contribution is 0.0935. The maximum absolute atomic E-state index is 12.7. The molecular formula is C45H53N3O9. The van der Waals surface area contributed by atoms with Crippen LogP contribution in [0, 0.1) is 6.92 Å². The van der Waals surface area contributed by atoms with Crippen molar-refractivity contribution in [1.82, 2.24) is 10.5 Å². The van der Waals surface area contributed by atoms with E-state index < -0.39 is 0 Å². The molecule has 0 spiro atoms. The number of unbranched alkanes of at least 4 members (excludes halogenated alkanes) is 7. The molecule has 302 valence electrons. The molecule has 0 saturated carbocycles. The Labute approximate surface area is 334 Å². The van der Waals surface area contributed by atoms with E-state index in [1.54, 1.807) is 35.5 Å². The summed E-state index contributed by atoms with van der Waals surface area (Å²) in [6.07, 6.45) is 8.45. The third-order valence-corrected chi connectivity index (χ3v) is 9.99. The minimum absolute atomic E-state index is 0.0971. The molecule has 0 aliphatic carbocycles. The molecule has 0 fully saturated rings. The van der Waals surface area contributed by atoms with Gasteiger partial charge in [0.25, 0.3) is 5.91 Å². The second kappa shape index (κ2) is 19.7. The summed E-state index contributed by atoms with van der Waals surface area (Å²) in [7, 11) is 8.00. The number of carbonyl (C=O) groups excluding carboxylic acids is 1. The Morgan fingerprint density at radius 1 is 0.579 bits per heavy atom. The summed E-state index contributed by atoms with van der Waals surface area (Å²) in [5.41, 5.74) is 5.63. The van der Waals surface area contributed by atoms with Crippen molar-refractivity contribution in [2.24, 2.45) is 0 Å². The van der Waals surface area contributed by atoms with E-state index in [9.17, 15) is 4.79 Å². The van der Waals surface area contributed by atoms with E-state index in [-0.39, 0.29) is 12.1 Å². The molecule has 2 heterocycles. The molecule has 12 nitrogen and oxygen atoms in total. The molecule has 1 unspecified atom stereocenters. The van der Waals surface area contributed by atoms with Gasteiger partial charge in [-0.15, -0.1) is 0 Å². The molecule has 1 aliphatic rings. The third kappa shape index (κ3) is 10.0. The highest BCUT2D eigenvalue weighted by Crippen LogP contribution is 2.42. The lowest BCUT2D eigenvalue weighted by Crippen LogP contribution is -2.38. The largest absolute Gasteiger partial charge is 0.493 e. The van der Waals surface area contributed by atoms with E-state index in [1.165, 1.54) is 12.8 Å². The first-order chi connectivity index (χ1) is 27.8. The van der Waals surface area contributed by atoms with Gasteiger partial charge in [-0.1, -0.05) is 61.4 Å². The van der Waals surface area contributed by atoms with Crippen molar-refractivity contribution in [1.29, 1.82) is 0 Å². The standard InChI is InChI=1S/C45H53N3O9/c1-29-15-18-34-33(23-29)45(49)47-44(46-34)31-17-20-37(39(25-31)51-3)55-21-13-11-9-7-8-10-12-14-22-56-40-24-30(16-19-36(40)50-2)38-28-35(48-57-38)32-26-41(52-4)43(54-6)42(27-32)53-5/h15-20,23-28,44,46H,7-14,21-22H2,1-6H3,(H,47,49). The van der Waals surface area contributed by atoms with Crippen molar-refractivity contribution in [2.75, 3.05) is 54.1 Å². The molecule has 6 rings (SSSR count). The third-order valence-electron chi connectivity index (χ3n) is 9.99. The van der Waals surface area contributed by atoms with Gasteiger partial charge in [-0.3, -0.25) is 4.79 Å². The zero-order valence-corrected chi connectivity index (χ0v) is 33.7. The van der Waals surface area contributed by atoms with E-state index in [0.717, 1.165) is 66.5 Å². The van der Waals surface area contributed by atoms with Crippen LogP contribution in [-0.4, -0.2) is 59.8 Å². The van der Waals surface area contributed by atoms with Crippen LogP contribution in [0.4, 0.5) is 5.69 Å². The number of aromatic nitrogens is 1. The molecule has 1 aliphatic heterocycles. The maximum Gasteiger partial charge on any atom is 0.255 e. The van der Waals surface area contributed by atoms with Crippen LogP contribution in [0.3, 0.4) is 0 Å². The molecule has 4 aromatic carbocycles. The predicted molar refractivity (Wildman–Crippen MR) is 220 cm³/mol. The van der Waals surface area contributed by atoms with Gasteiger partial charge >= 0.3 is 0 Å². The summed E-state index contributed by atoms with van der Waals surface area (Å²) in [4.78, 5) is 12.7. The lowest BCUT2D eigenvalue weighted by Gasteiger charge is -2.28. The highest BCUT2D eigenvalue weighted by atomic mass is 16.5. The van der Waals surface area contributed by atoms with Crippen LogP contribution in [-0.2, 0) is 0 Å². The van der Waals surface area contributed by atoms with Crippen molar-refractivity contribution in [2.45, 2.75) is 64.5 Å². The Morgan fingerprint density at radius 2 is 1.19 bits per heavy atom. The highest BCUT2D eigenvalue weighted by molar-refractivity contribution is 6.02. The second-order valence-corrected chi connectivity index (χ2v) is 13.9. The van der Waals surface area contributed by atoms with E-state index in [1.807, 2.05) is 79.7 Å². The molecule has 1 atom stereocenters. The van der Waals surface area contributed by atoms with Gasteiger partial charge in [0.05, 0.1) is 54.3 Å². The molecular weight excluding hydrogens is 727 g/mol. The summed E-state index contributed by atoms with van der Waals surface area (Å²) in [5, 5.41) is 10.7. The zero-order valence-electron chi connectivity index (χ0n) is 33.7. The number of anilines is 1. The molecule has 0 radical (unpaired) electrons. The summed E-state index contributed by atoms with van der Waals surface area (Å²) in [6, 6.07) is 22.9. The Balaban J connectivity index is 0.879. The number of benzene rings is 4. The fourth-order valence-electron chi connectivity index (χ4n) is 6.87. The molecule has 1 aromatic heterocycles. The molecule has 57 heavy (non-hydrogen) atoms. The van der Waals surface area contributed by atoms with Crippen LogP contribution < -0.4 is 43.8 Å². The molecule has 12 heteroatoms. The Morgan fingerprint density at radius 3 is 1.84 bits per heavy atom. The van der Waals surface area contributed by atoms with Crippen LogP contribution in [0.1, 0.15) is 79.0 Å². The number of nitrogens with zero attached hydrogens (tertiary/aromatic N) is 1. The number of ether oxygens (including phenoxy) is 7. The predicted octanol–water partition coefficient (Wildman–Crippen LogP) is 9.79. The van der Waals surface area contributed by atoms with Gasteiger partial charge in [0.15, 0.2) is 40.3 Å². The SMILES string of the molecule is COc1cc(C2NC(=O)c3cc(C)ccc3N2)ccc1OCCCCCCCCCCOc1cc(-c2cc(-c3cc(OC)c(OC)c(OC)c3)no2)ccc1OC. The summed E-state index contributed by atoms with van der Waals surface area (Å²) >= 11 is 0. The van der Waals surface area contributed by atoms with E-state index in [2.05, 4.69) is 15.8 Å². The van der Waals surface area contributed by atoms with Gasteiger partial charge in [0.1, 0.15) is 11.9 Å². The number of rotatable bonds is 21. The fraction of sp³-hybridized carbons (Fsp3) is 0.378. The number of nitrogens with one attached hydrogen (secondary N) is 2. The van der Waals surface area contributed by atoms with Gasteiger partial charge in [-0.2, -0.15) is 0 Å². The van der Waals surface area contributed by atoms with E-state index >= 15 is 0 Å². The lowest BCUT2D eigenvalue weighted by atomic mass is 10.0. The number of aryl methyl sites for hydroxylation is 1. The topological polar surface area (TPSA) is 132 Å². The van der Waals surface area contributed by atoms with Crippen molar-refractivity contribution in [3.05, 3.63) is 89.5 Å². The normalized spacial score (nSPS) is 13.2. The van der Waals surface area contributed by atoms with Crippen LogP contribution in [0.25, 0.3) is 22.6 Å². The number of carbonyl (C=O) groups is 1. The Bertz CT molecular complexity index is 2090. The number of methoxy groups -OCH3 is 5. The Kier molecular flexibility index (Phi) is 14.0. The number of fused-ring (bicyclic) bond motifs is 1. The van der Waals surface area contributed by atoms with Gasteiger partial charge in [-0.05, 0) is 79.9 Å².